The predicted molar refractivity (Wildman–Crippen MR) is 35.6 cm³/mol. The molecule has 0 aliphatic heterocycles. The third-order valence-corrected chi connectivity index (χ3v) is 1.67. The zero-order valence-corrected chi connectivity index (χ0v) is 6.22. The topological polar surface area (TPSA) is 17.8 Å². The molecule has 0 N–H and O–H groups in total. The maximum absolute atomic E-state index is 3.97. The van der Waals surface area contributed by atoms with Crippen molar-refractivity contribution >= 4 is 15.9 Å². The molecule has 0 amide bonds. The van der Waals surface area contributed by atoms with Gasteiger partial charge in [-0.2, -0.15) is 0 Å². The normalized spacial score (nSPS) is 9.75. The van der Waals surface area contributed by atoms with Gasteiger partial charge in [-0.3, -0.25) is 0 Å². The quantitative estimate of drug-likeness (QED) is 0.634. The van der Waals surface area contributed by atoms with E-state index in [-0.39, 0.29) is 0 Å². The van der Waals surface area contributed by atoms with E-state index in [4.69, 9.17) is 0 Å². The first kappa shape index (κ1) is 5.82. The molecular formula is C5H7BrN2. The molecule has 0 aromatic carbocycles. The molecule has 1 aromatic heterocycles. The minimum atomic E-state index is 0.903. The van der Waals surface area contributed by atoms with Gasteiger partial charge in [0.25, 0.3) is 0 Å². The number of hydrogen-bond donors (Lipinski definition) is 0. The first-order chi connectivity index (χ1) is 3.84. The van der Waals surface area contributed by atoms with E-state index in [1.807, 2.05) is 10.8 Å². The summed E-state index contributed by atoms with van der Waals surface area (Å²) >= 11 is 3.28. The lowest BCUT2D eigenvalue weighted by molar-refractivity contribution is 0.741. The van der Waals surface area contributed by atoms with Crippen molar-refractivity contribution in [3.05, 3.63) is 17.1 Å². The number of hydrogen-bond acceptors (Lipinski definition) is 1. The molecule has 0 aliphatic rings. The molecule has 0 aliphatic carbocycles. The van der Waals surface area contributed by atoms with Gasteiger partial charge in [0.05, 0.1) is 0 Å². The van der Waals surface area contributed by atoms with E-state index in [0.29, 0.717) is 0 Å². The molecule has 0 unspecified atom stereocenters. The van der Waals surface area contributed by atoms with Crippen LogP contribution in [0.15, 0.2) is 17.1 Å². The SMILES string of the molecule is CCn1ccnc1Br. The summed E-state index contributed by atoms with van der Waals surface area (Å²) in [5.74, 6) is 0. The highest BCUT2D eigenvalue weighted by Crippen LogP contribution is 2.04. The third-order valence-electron chi connectivity index (χ3n) is 1.01. The van der Waals surface area contributed by atoms with Crippen LogP contribution in [0.4, 0.5) is 0 Å². The second-order valence-corrected chi connectivity index (χ2v) is 2.19. The summed E-state index contributed by atoms with van der Waals surface area (Å²) in [6.45, 7) is 3.05. The maximum Gasteiger partial charge on any atom is 0.177 e. The monoisotopic (exact) mass is 174 g/mol. The van der Waals surface area contributed by atoms with Gasteiger partial charge in [-0.05, 0) is 22.9 Å². The Kier molecular flexibility index (Phi) is 1.68. The van der Waals surface area contributed by atoms with Gasteiger partial charge in [-0.25, -0.2) is 4.98 Å². The van der Waals surface area contributed by atoms with Crippen molar-refractivity contribution in [3.8, 4) is 0 Å². The van der Waals surface area contributed by atoms with Crippen LogP contribution in [0.1, 0.15) is 6.92 Å². The van der Waals surface area contributed by atoms with E-state index in [2.05, 4.69) is 27.8 Å². The molecule has 0 radical (unpaired) electrons. The second kappa shape index (κ2) is 2.31. The molecule has 0 spiro atoms. The molecule has 0 saturated heterocycles. The van der Waals surface area contributed by atoms with Crippen LogP contribution < -0.4 is 0 Å². The van der Waals surface area contributed by atoms with Gasteiger partial charge in [-0.1, -0.05) is 0 Å². The molecule has 0 fully saturated rings. The molecule has 0 saturated carbocycles. The van der Waals surface area contributed by atoms with Crippen LogP contribution in [-0.2, 0) is 6.54 Å². The largest absolute Gasteiger partial charge is 0.326 e. The Bertz CT molecular complexity index is 171. The van der Waals surface area contributed by atoms with Crippen molar-refractivity contribution in [2.45, 2.75) is 13.5 Å². The molecule has 0 bridgehead atoms. The zero-order valence-electron chi connectivity index (χ0n) is 4.63. The van der Waals surface area contributed by atoms with Gasteiger partial charge in [0.15, 0.2) is 4.73 Å². The van der Waals surface area contributed by atoms with Gasteiger partial charge in [0, 0.05) is 18.9 Å². The summed E-state index contributed by atoms with van der Waals surface area (Å²) in [5, 5.41) is 0. The molecule has 2 nitrogen and oxygen atoms in total. The minimum absolute atomic E-state index is 0.903. The number of imidazole rings is 1. The lowest BCUT2D eigenvalue weighted by Gasteiger charge is -1.93. The van der Waals surface area contributed by atoms with Gasteiger partial charge in [-0.15, -0.1) is 0 Å². The summed E-state index contributed by atoms with van der Waals surface area (Å²) in [4.78, 5) is 3.97. The first-order valence-corrected chi connectivity index (χ1v) is 3.30. The molecule has 44 valence electrons. The van der Waals surface area contributed by atoms with E-state index in [0.717, 1.165) is 11.3 Å². The van der Waals surface area contributed by atoms with E-state index in [1.165, 1.54) is 0 Å². The fraction of sp³-hybridized carbons (Fsp3) is 0.400. The van der Waals surface area contributed by atoms with Crippen LogP contribution in [0, 0.1) is 0 Å². The number of nitrogens with zero attached hydrogens (tertiary/aromatic N) is 2. The van der Waals surface area contributed by atoms with Gasteiger partial charge in [0.1, 0.15) is 0 Å². The van der Waals surface area contributed by atoms with Crippen molar-refractivity contribution < 1.29 is 0 Å². The van der Waals surface area contributed by atoms with Crippen LogP contribution in [0.2, 0.25) is 0 Å². The van der Waals surface area contributed by atoms with E-state index < -0.39 is 0 Å². The molecule has 1 heterocycles. The Hall–Kier alpha value is -0.310. The molecule has 3 heteroatoms. The third kappa shape index (κ3) is 0.916. The lowest BCUT2D eigenvalue weighted by Crippen LogP contribution is -1.90. The molecule has 8 heavy (non-hydrogen) atoms. The molecule has 0 atom stereocenters. The van der Waals surface area contributed by atoms with Crippen molar-refractivity contribution in [2.75, 3.05) is 0 Å². The highest BCUT2D eigenvalue weighted by Gasteiger charge is 1.90. The Morgan fingerprint density at radius 1 is 1.88 bits per heavy atom. The van der Waals surface area contributed by atoms with E-state index in [9.17, 15) is 0 Å². The van der Waals surface area contributed by atoms with Crippen molar-refractivity contribution in [1.29, 1.82) is 0 Å². The minimum Gasteiger partial charge on any atom is -0.326 e. The van der Waals surface area contributed by atoms with Crippen molar-refractivity contribution in [1.82, 2.24) is 9.55 Å². The standard InChI is InChI=1S/C5H7BrN2/c1-2-8-4-3-7-5(8)6/h3-4H,2H2,1H3. The molecular weight excluding hydrogens is 168 g/mol. The first-order valence-electron chi connectivity index (χ1n) is 2.51. The van der Waals surface area contributed by atoms with Crippen LogP contribution in [-0.4, -0.2) is 9.55 Å². The fourth-order valence-electron chi connectivity index (χ4n) is 0.547. The van der Waals surface area contributed by atoms with Gasteiger partial charge < -0.3 is 4.57 Å². The maximum atomic E-state index is 3.97. The van der Waals surface area contributed by atoms with Gasteiger partial charge in [0.2, 0.25) is 0 Å². The van der Waals surface area contributed by atoms with Crippen molar-refractivity contribution in [2.24, 2.45) is 0 Å². The highest BCUT2D eigenvalue weighted by atomic mass is 79.9. The van der Waals surface area contributed by atoms with Crippen LogP contribution in [0.25, 0.3) is 0 Å². The Labute approximate surface area is 56.7 Å². The molecule has 1 aromatic rings. The summed E-state index contributed by atoms with van der Waals surface area (Å²) in [7, 11) is 0. The average molecular weight is 175 g/mol. The average Bonchev–Trinajstić information content (AvgIpc) is 2.14. The number of halogens is 1. The summed E-state index contributed by atoms with van der Waals surface area (Å²) in [6, 6.07) is 0. The summed E-state index contributed by atoms with van der Waals surface area (Å²) in [5.41, 5.74) is 0. The lowest BCUT2D eigenvalue weighted by atomic mass is 10.7. The smallest absolute Gasteiger partial charge is 0.177 e. The number of rotatable bonds is 1. The highest BCUT2D eigenvalue weighted by molar-refractivity contribution is 9.10. The predicted octanol–water partition coefficient (Wildman–Crippen LogP) is 1.67. The van der Waals surface area contributed by atoms with Crippen LogP contribution in [0.3, 0.4) is 0 Å². The zero-order chi connectivity index (χ0) is 5.98. The van der Waals surface area contributed by atoms with E-state index >= 15 is 0 Å². The fourth-order valence-corrected chi connectivity index (χ4v) is 1.03. The summed E-state index contributed by atoms with van der Waals surface area (Å²) < 4.78 is 2.92. The number of aromatic nitrogens is 2. The van der Waals surface area contributed by atoms with Crippen molar-refractivity contribution in [3.63, 3.8) is 0 Å². The Balaban J connectivity index is 2.92. The van der Waals surface area contributed by atoms with Crippen LogP contribution in [0.5, 0.6) is 0 Å². The van der Waals surface area contributed by atoms with Crippen LogP contribution >= 0.6 is 15.9 Å². The Morgan fingerprint density at radius 3 is 2.88 bits per heavy atom. The Morgan fingerprint density at radius 2 is 2.62 bits per heavy atom. The molecule has 1 rings (SSSR count). The van der Waals surface area contributed by atoms with Gasteiger partial charge >= 0.3 is 0 Å². The second-order valence-electron chi connectivity index (χ2n) is 1.48. The number of aryl methyl sites for hydroxylation is 1. The summed E-state index contributed by atoms with van der Waals surface area (Å²) in [6.07, 6.45) is 3.71. The van der Waals surface area contributed by atoms with E-state index in [1.54, 1.807) is 6.20 Å².